The van der Waals surface area contributed by atoms with Crippen molar-refractivity contribution in [2.45, 2.75) is 53.1 Å². The predicted octanol–water partition coefficient (Wildman–Crippen LogP) is 3.63. The van der Waals surface area contributed by atoms with Crippen LogP contribution in [0.1, 0.15) is 57.0 Å². The van der Waals surface area contributed by atoms with E-state index in [1.54, 1.807) is 11.3 Å². The number of hydrogen-bond donors (Lipinski definition) is 1. The Morgan fingerprint density at radius 1 is 1.26 bits per heavy atom. The van der Waals surface area contributed by atoms with Gasteiger partial charge < -0.3 is 10.0 Å². The number of hydrogen-bond acceptors (Lipinski definition) is 4. The van der Waals surface area contributed by atoms with Gasteiger partial charge in [-0.15, -0.1) is 0 Å². The maximum Gasteiger partial charge on any atom is 0.185 e. The molecule has 1 aromatic heterocycles. The lowest BCUT2D eigenvalue weighted by Gasteiger charge is -2.33. The first-order valence-electron chi connectivity index (χ1n) is 7.38. The Morgan fingerprint density at radius 3 is 2.32 bits per heavy atom. The molecule has 0 amide bonds. The van der Waals surface area contributed by atoms with E-state index < -0.39 is 0 Å². The summed E-state index contributed by atoms with van der Waals surface area (Å²) >= 11 is 1.67. The second-order valence-corrected chi connectivity index (χ2v) is 7.25. The molecule has 0 unspecified atom stereocenters. The third-order valence-electron chi connectivity index (χ3n) is 4.16. The lowest BCUT2D eigenvalue weighted by atomic mass is 9.87. The van der Waals surface area contributed by atoms with Crippen LogP contribution in [0.15, 0.2) is 0 Å². The molecule has 1 fully saturated rings. The van der Waals surface area contributed by atoms with Gasteiger partial charge in [-0.3, -0.25) is 0 Å². The molecule has 1 saturated heterocycles. The Kier molecular flexibility index (Phi) is 4.85. The smallest absolute Gasteiger partial charge is 0.185 e. The molecule has 1 N–H and O–H groups in total. The van der Waals surface area contributed by atoms with Crippen LogP contribution >= 0.6 is 11.3 Å². The zero-order valence-electron chi connectivity index (χ0n) is 12.5. The maximum absolute atomic E-state index is 9.45. The van der Waals surface area contributed by atoms with Gasteiger partial charge >= 0.3 is 0 Å². The standard InChI is InChI=1S/C15H26N2OS/c1-10(2)12-5-7-17(8-6-12)15-16-14(11(3)4)13(9-18)19-15/h10-12,18H,5-9H2,1-4H3. The van der Waals surface area contributed by atoms with Gasteiger partial charge in [0.05, 0.1) is 17.2 Å². The number of anilines is 1. The van der Waals surface area contributed by atoms with Gasteiger partial charge in [0.2, 0.25) is 0 Å². The van der Waals surface area contributed by atoms with E-state index in [9.17, 15) is 5.11 Å². The normalized spacial score (nSPS) is 17.7. The molecule has 1 aliphatic heterocycles. The first-order valence-corrected chi connectivity index (χ1v) is 8.20. The molecule has 0 bridgehead atoms. The highest BCUT2D eigenvalue weighted by Crippen LogP contribution is 2.34. The van der Waals surface area contributed by atoms with E-state index in [0.29, 0.717) is 5.92 Å². The third kappa shape index (κ3) is 3.29. The van der Waals surface area contributed by atoms with Crippen LogP contribution in [0, 0.1) is 11.8 Å². The lowest BCUT2D eigenvalue weighted by Crippen LogP contribution is -2.35. The van der Waals surface area contributed by atoms with Gasteiger partial charge in [0.15, 0.2) is 5.13 Å². The number of rotatable bonds is 4. The number of piperidine rings is 1. The molecule has 0 spiro atoms. The van der Waals surface area contributed by atoms with Crippen molar-refractivity contribution in [3.63, 3.8) is 0 Å². The highest BCUT2D eigenvalue weighted by atomic mass is 32.1. The second kappa shape index (κ2) is 6.23. The average Bonchev–Trinajstić information content (AvgIpc) is 2.83. The van der Waals surface area contributed by atoms with Gasteiger partial charge in [0.1, 0.15) is 0 Å². The molecule has 3 nitrogen and oxygen atoms in total. The Morgan fingerprint density at radius 2 is 1.89 bits per heavy atom. The number of aliphatic hydroxyl groups excluding tert-OH is 1. The number of nitrogens with zero attached hydrogens (tertiary/aromatic N) is 2. The van der Waals surface area contributed by atoms with Gasteiger partial charge in [-0.2, -0.15) is 0 Å². The van der Waals surface area contributed by atoms with Crippen molar-refractivity contribution >= 4 is 16.5 Å². The molecule has 2 rings (SSSR count). The molecule has 2 heterocycles. The zero-order valence-corrected chi connectivity index (χ0v) is 13.3. The van der Waals surface area contributed by atoms with E-state index in [2.05, 4.69) is 32.6 Å². The molecule has 0 aliphatic carbocycles. The van der Waals surface area contributed by atoms with E-state index in [-0.39, 0.29) is 6.61 Å². The number of thiazole rings is 1. The predicted molar refractivity (Wildman–Crippen MR) is 81.9 cm³/mol. The molecule has 108 valence electrons. The summed E-state index contributed by atoms with van der Waals surface area (Å²) in [6, 6.07) is 0. The Balaban J connectivity index is 2.07. The highest BCUT2D eigenvalue weighted by molar-refractivity contribution is 7.15. The first kappa shape index (κ1) is 14.8. The monoisotopic (exact) mass is 282 g/mol. The van der Waals surface area contributed by atoms with Crippen molar-refractivity contribution in [1.29, 1.82) is 0 Å². The SMILES string of the molecule is CC(C)c1nc(N2CCC(C(C)C)CC2)sc1CO. The van der Waals surface area contributed by atoms with Gasteiger partial charge in [-0.1, -0.05) is 39.0 Å². The molecule has 4 heteroatoms. The largest absolute Gasteiger partial charge is 0.391 e. The van der Waals surface area contributed by atoms with Crippen LogP contribution in [-0.4, -0.2) is 23.2 Å². The van der Waals surface area contributed by atoms with Crippen LogP contribution in [0.3, 0.4) is 0 Å². The summed E-state index contributed by atoms with van der Waals surface area (Å²) in [5.41, 5.74) is 1.08. The van der Waals surface area contributed by atoms with Crippen LogP contribution in [-0.2, 0) is 6.61 Å². The molecular formula is C15H26N2OS. The molecule has 0 aromatic carbocycles. The van der Waals surface area contributed by atoms with Crippen molar-refractivity contribution in [2.24, 2.45) is 11.8 Å². The van der Waals surface area contributed by atoms with Crippen molar-refractivity contribution in [3.05, 3.63) is 10.6 Å². The first-order chi connectivity index (χ1) is 9.02. The van der Waals surface area contributed by atoms with E-state index >= 15 is 0 Å². The lowest BCUT2D eigenvalue weighted by molar-refractivity contribution is 0.283. The Bertz CT molecular complexity index is 406. The minimum absolute atomic E-state index is 0.119. The molecule has 0 saturated carbocycles. The average molecular weight is 282 g/mol. The molecular weight excluding hydrogens is 256 g/mol. The van der Waals surface area contributed by atoms with Crippen LogP contribution in [0.4, 0.5) is 5.13 Å². The van der Waals surface area contributed by atoms with Crippen LogP contribution < -0.4 is 4.90 Å². The van der Waals surface area contributed by atoms with Crippen LogP contribution in [0.2, 0.25) is 0 Å². The summed E-state index contributed by atoms with van der Waals surface area (Å²) < 4.78 is 0. The fourth-order valence-corrected chi connectivity index (χ4v) is 3.93. The number of aromatic nitrogens is 1. The van der Waals surface area contributed by atoms with E-state index in [1.807, 2.05) is 0 Å². The fourth-order valence-electron chi connectivity index (χ4n) is 2.81. The molecule has 0 radical (unpaired) electrons. The van der Waals surface area contributed by atoms with E-state index in [1.165, 1.54) is 12.8 Å². The third-order valence-corrected chi connectivity index (χ3v) is 5.28. The Hall–Kier alpha value is -0.610. The van der Waals surface area contributed by atoms with Crippen LogP contribution in [0.5, 0.6) is 0 Å². The summed E-state index contributed by atoms with van der Waals surface area (Å²) in [7, 11) is 0. The zero-order chi connectivity index (χ0) is 14.0. The summed E-state index contributed by atoms with van der Waals surface area (Å²) in [6.45, 7) is 11.3. The maximum atomic E-state index is 9.45. The summed E-state index contributed by atoms with van der Waals surface area (Å²) in [4.78, 5) is 8.19. The Labute approximate surface area is 120 Å². The summed E-state index contributed by atoms with van der Waals surface area (Å²) in [6.07, 6.45) is 2.53. The van der Waals surface area contributed by atoms with Gasteiger partial charge in [0.25, 0.3) is 0 Å². The molecule has 0 atom stereocenters. The van der Waals surface area contributed by atoms with E-state index in [4.69, 9.17) is 4.98 Å². The topological polar surface area (TPSA) is 36.4 Å². The van der Waals surface area contributed by atoms with Crippen molar-refractivity contribution in [3.8, 4) is 0 Å². The van der Waals surface area contributed by atoms with E-state index in [0.717, 1.165) is 40.6 Å². The second-order valence-electron chi connectivity index (χ2n) is 6.19. The summed E-state index contributed by atoms with van der Waals surface area (Å²) in [5, 5.41) is 10.6. The molecule has 1 aliphatic rings. The van der Waals surface area contributed by atoms with Crippen molar-refractivity contribution in [2.75, 3.05) is 18.0 Å². The fraction of sp³-hybridized carbons (Fsp3) is 0.800. The van der Waals surface area contributed by atoms with Crippen LogP contribution in [0.25, 0.3) is 0 Å². The van der Waals surface area contributed by atoms with Gasteiger partial charge in [-0.05, 0) is 30.6 Å². The summed E-state index contributed by atoms with van der Waals surface area (Å²) in [5.74, 6) is 2.04. The minimum atomic E-state index is 0.119. The number of aliphatic hydroxyl groups is 1. The molecule has 19 heavy (non-hydrogen) atoms. The van der Waals surface area contributed by atoms with Crippen molar-refractivity contribution in [1.82, 2.24) is 4.98 Å². The minimum Gasteiger partial charge on any atom is -0.391 e. The van der Waals surface area contributed by atoms with Crippen molar-refractivity contribution < 1.29 is 5.11 Å². The highest BCUT2D eigenvalue weighted by Gasteiger charge is 2.24. The van der Waals surface area contributed by atoms with Gasteiger partial charge in [-0.25, -0.2) is 4.98 Å². The molecule has 1 aromatic rings. The van der Waals surface area contributed by atoms with Gasteiger partial charge in [0, 0.05) is 13.1 Å². The quantitative estimate of drug-likeness (QED) is 0.916.